The van der Waals surface area contributed by atoms with E-state index < -0.39 is 0 Å². The third-order valence-corrected chi connectivity index (χ3v) is 8.92. The van der Waals surface area contributed by atoms with E-state index in [0.29, 0.717) is 18.0 Å². The van der Waals surface area contributed by atoms with Crippen LogP contribution in [0.4, 0.5) is 17.5 Å². The van der Waals surface area contributed by atoms with E-state index >= 15 is 0 Å². The molecule has 1 aliphatic carbocycles. The normalized spacial score (nSPS) is 21.5. The van der Waals surface area contributed by atoms with Crippen LogP contribution in [0.5, 0.6) is 0 Å². The maximum Gasteiger partial charge on any atom is 2.00 e. The number of hydrogen-bond donors (Lipinski definition) is 2. The van der Waals surface area contributed by atoms with Crippen molar-refractivity contribution in [3.05, 3.63) is 50.1 Å². The number of hydrogen-bond acceptors (Lipinski definition) is 7. The Morgan fingerprint density at radius 1 is 1.08 bits per heavy atom. The molecule has 2 fully saturated rings. The molecular weight excluding hydrogens is 698 g/mol. The Morgan fingerprint density at radius 2 is 1.84 bits per heavy atom. The van der Waals surface area contributed by atoms with Crippen LogP contribution in [0.1, 0.15) is 63.6 Å². The van der Waals surface area contributed by atoms with Gasteiger partial charge in [0, 0.05) is 49.0 Å². The first-order valence-corrected chi connectivity index (χ1v) is 14.0. The second kappa shape index (κ2) is 11.8. The fourth-order valence-corrected chi connectivity index (χ4v) is 6.75. The Morgan fingerprint density at radius 3 is 2.53 bits per heavy atom. The summed E-state index contributed by atoms with van der Waals surface area (Å²) in [6, 6.07) is 7.36. The van der Waals surface area contributed by atoms with Crippen LogP contribution < -0.4 is 15.5 Å². The molecule has 1 atom stereocenters. The molecule has 0 radical (unpaired) electrons. The van der Waals surface area contributed by atoms with E-state index in [9.17, 15) is 0 Å². The number of piperidine rings is 1. The molecule has 9 heteroatoms. The molecule has 3 aromatic heterocycles. The van der Waals surface area contributed by atoms with Crippen LogP contribution in [0.3, 0.4) is 0 Å². The minimum Gasteiger partial charge on any atom is -0.370 e. The zero-order valence-electron chi connectivity index (χ0n) is 22.6. The first-order chi connectivity index (χ1) is 18.1. The van der Waals surface area contributed by atoms with E-state index in [-0.39, 0.29) is 36.7 Å². The molecule has 0 bridgehead atoms. The number of nitrogens with one attached hydrogen (secondary N) is 2. The van der Waals surface area contributed by atoms with Crippen LogP contribution in [0, 0.1) is 45.0 Å². The third-order valence-electron chi connectivity index (χ3n) is 8.92. The summed E-state index contributed by atoms with van der Waals surface area (Å²) in [4.78, 5) is 19.2. The van der Waals surface area contributed by atoms with Crippen molar-refractivity contribution in [2.75, 3.05) is 42.9 Å². The molecule has 0 aromatic carbocycles. The molecule has 1 spiro atoms. The quantitative estimate of drug-likeness (QED) is 0.352. The molecule has 3 aliphatic rings. The molecule has 38 heavy (non-hydrogen) atoms. The Labute approximate surface area is 250 Å². The third kappa shape index (κ3) is 5.24. The molecule has 5 heterocycles. The summed E-state index contributed by atoms with van der Waals surface area (Å²) >= 11 is 0. The van der Waals surface area contributed by atoms with Crippen molar-refractivity contribution in [1.82, 2.24) is 29.7 Å². The van der Waals surface area contributed by atoms with Gasteiger partial charge in [-0.3, -0.25) is 0 Å². The zero-order chi connectivity index (χ0) is 25.4. The Hall–Kier alpha value is -1.66. The molecule has 1 unspecified atom stereocenters. The summed E-state index contributed by atoms with van der Waals surface area (Å²) < 4.78 is 2.54. The monoisotopic (exact) mass is 738 g/mol. The maximum atomic E-state index is 5.03. The Bertz CT molecular complexity index is 1210. The number of anilines is 3. The van der Waals surface area contributed by atoms with Crippen LogP contribution in [0.2, 0.25) is 0 Å². The van der Waals surface area contributed by atoms with Crippen molar-refractivity contribution in [1.29, 1.82) is 0 Å². The van der Waals surface area contributed by atoms with Crippen LogP contribution in [0.25, 0.3) is 11.0 Å². The van der Waals surface area contributed by atoms with Crippen molar-refractivity contribution in [3.63, 3.8) is 0 Å². The van der Waals surface area contributed by atoms with Crippen LogP contribution in [-0.2, 0) is 5.54 Å². The summed E-state index contributed by atoms with van der Waals surface area (Å²) in [5.41, 5.74) is 3.66. The molecule has 8 nitrogen and oxygen atoms in total. The van der Waals surface area contributed by atoms with Crippen LogP contribution in [0.15, 0.2) is 30.6 Å². The van der Waals surface area contributed by atoms with Crippen molar-refractivity contribution in [2.24, 2.45) is 0 Å². The van der Waals surface area contributed by atoms with Gasteiger partial charge < -0.3 is 38.8 Å². The van der Waals surface area contributed by atoms with Crippen molar-refractivity contribution >= 4 is 28.5 Å². The number of nitrogens with zero attached hydrogens (tertiary/aromatic N) is 6. The standard InChI is InChI=1S/C29H40N8.U/c1-4-35(5-2)23-11-15-36(16-12-23)24-9-10-26(30-19-24)33-28-31-18-22-17-25-21(3)32-20-29(13-7-6-8-14-29)37(25)27(22)34-28;/h9-10,17-19,21,23,32H,1-2,4-8,11-16,20H2,3H3,(H,30,31,33,34);/q-2;+2. The molecule has 200 valence electrons. The molecule has 3 aromatic rings. The summed E-state index contributed by atoms with van der Waals surface area (Å²) in [5, 5.41) is 8.23. The van der Waals surface area contributed by atoms with Crippen LogP contribution in [-0.4, -0.2) is 63.2 Å². The van der Waals surface area contributed by atoms with Gasteiger partial charge in [0.25, 0.3) is 0 Å². The van der Waals surface area contributed by atoms with Gasteiger partial charge in [-0.15, -0.1) is 13.1 Å². The SMILES string of the molecule is [CH2-]CN(C[CH2-])C1CCN(c2ccc(Nc3ncc4cc5n(c4n3)C3(CCCCC3)CNC5C)nc2)CC1.[U+2]. The number of fused-ring (bicyclic) bond motifs is 4. The summed E-state index contributed by atoms with van der Waals surface area (Å²) in [6.45, 7) is 15.1. The van der Waals surface area contributed by atoms with Gasteiger partial charge in [-0.2, -0.15) is 4.98 Å². The molecule has 1 saturated carbocycles. The molecule has 2 aliphatic heterocycles. The van der Waals surface area contributed by atoms with Gasteiger partial charge in [0.15, 0.2) is 0 Å². The fourth-order valence-electron chi connectivity index (χ4n) is 6.75. The van der Waals surface area contributed by atoms with Gasteiger partial charge in [0.05, 0.1) is 17.4 Å². The van der Waals surface area contributed by atoms with Crippen molar-refractivity contribution in [2.45, 2.75) is 69.5 Å². The first kappa shape index (κ1) is 27.9. The topological polar surface area (TPSA) is 74.1 Å². The van der Waals surface area contributed by atoms with E-state index in [1.54, 1.807) is 0 Å². The van der Waals surface area contributed by atoms with E-state index in [0.717, 1.165) is 68.1 Å². The maximum absolute atomic E-state index is 5.03. The van der Waals surface area contributed by atoms with Crippen molar-refractivity contribution < 1.29 is 31.1 Å². The van der Waals surface area contributed by atoms with E-state index in [4.69, 9.17) is 9.97 Å². The number of pyridine rings is 1. The average molecular weight is 739 g/mol. The average Bonchev–Trinajstić information content (AvgIpc) is 3.34. The van der Waals surface area contributed by atoms with Gasteiger partial charge in [-0.05, 0) is 50.8 Å². The van der Waals surface area contributed by atoms with Crippen LogP contribution >= 0.6 is 0 Å². The van der Waals surface area contributed by atoms with E-state index in [1.165, 1.54) is 37.8 Å². The Kier molecular flexibility index (Phi) is 8.69. The summed E-state index contributed by atoms with van der Waals surface area (Å²) in [6.07, 6.45) is 12.5. The summed E-state index contributed by atoms with van der Waals surface area (Å²) in [5.74, 6) is 1.37. The predicted octanol–water partition coefficient (Wildman–Crippen LogP) is 4.83. The van der Waals surface area contributed by atoms with Gasteiger partial charge in [-0.25, -0.2) is 9.97 Å². The largest absolute Gasteiger partial charge is 2.00 e. The molecule has 0 amide bonds. The fraction of sp³-hybridized carbons (Fsp3) is 0.552. The molecule has 1 saturated heterocycles. The zero-order valence-corrected chi connectivity index (χ0v) is 26.8. The molecule has 2 N–H and O–H groups in total. The first-order valence-electron chi connectivity index (χ1n) is 14.0. The summed E-state index contributed by atoms with van der Waals surface area (Å²) in [7, 11) is 0. The van der Waals surface area contributed by atoms with Gasteiger partial charge in [0.1, 0.15) is 11.5 Å². The molecular formula is C29H40N8U. The van der Waals surface area contributed by atoms with E-state index in [1.807, 2.05) is 18.5 Å². The second-order valence-corrected chi connectivity index (χ2v) is 11.0. The number of rotatable bonds is 6. The van der Waals surface area contributed by atoms with Gasteiger partial charge >= 0.3 is 31.1 Å². The van der Waals surface area contributed by atoms with Gasteiger partial charge in [0.2, 0.25) is 5.95 Å². The predicted molar refractivity (Wildman–Crippen MR) is 150 cm³/mol. The minimum absolute atomic E-state index is 0. The Balaban J connectivity index is 0.00000294. The van der Waals surface area contributed by atoms with Crippen molar-refractivity contribution in [3.8, 4) is 0 Å². The second-order valence-electron chi connectivity index (χ2n) is 11.0. The smallest absolute Gasteiger partial charge is 0.370 e. The van der Waals surface area contributed by atoms with E-state index in [2.05, 4.69) is 62.9 Å². The molecule has 6 rings (SSSR count). The number of aromatic nitrogens is 4. The van der Waals surface area contributed by atoms with Gasteiger partial charge in [-0.1, -0.05) is 19.3 Å². The minimum atomic E-state index is 0.